The van der Waals surface area contributed by atoms with E-state index in [1.54, 1.807) is 43.9 Å². The van der Waals surface area contributed by atoms with Crippen molar-refractivity contribution in [2.45, 2.75) is 52.6 Å². The highest BCUT2D eigenvalue weighted by molar-refractivity contribution is 6.04. The molecule has 13 heteroatoms. The first-order valence-electron chi connectivity index (χ1n) is 13.9. The summed E-state index contributed by atoms with van der Waals surface area (Å²) in [5.74, 6) is 0.0391. The second-order valence-electron chi connectivity index (χ2n) is 11.0. The van der Waals surface area contributed by atoms with Crippen LogP contribution in [-0.2, 0) is 12.7 Å². The number of aromatic nitrogens is 1. The minimum Gasteiger partial charge on any atom is -0.486 e. The van der Waals surface area contributed by atoms with E-state index in [2.05, 4.69) is 15.8 Å². The molecule has 10 nitrogen and oxygen atoms in total. The summed E-state index contributed by atoms with van der Waals surface area (Å²) < 4.78 is 50.6. The molecule has 3 aromatic rings. The van der Waals surface area contributed by atoms with Crippen LogP contribution < -0.4 is 15.4 Å². The van der Waals surface area contributed by atoms with Gasteiger partial charge in [-0.2, -0.15) is 13.2 Å². The van der Waals surface area contributed by atoms with Gasteiger partial charge < -0.3 is 29.9 Å². The Morgan fingerprint density at radius 1 is 1.19 bits per heavy atom. The van der Waals surface area contributed by atoms with E-state index < -0.39 is 29.9 Å². The molecule has 0 saturated carbocycles. The maximum absolute atomic E-state index is 13.7. The van der Waals surface area contributed by atoms with E-state index in [-0.39, 0.29) is 35.4 Å². The number of rotatable bonds is 8. The number of carbonyl (C=O) groups is 2. The first-order valence-corrected chi connectivity index (χ1v) is 13.9. The zero-order valence-electron chi connectivity index (χ0n) is 24.7. The normalized spacial score (nSPS) is 18.0. The van der Waals surface area contributed by atoms with Crippen LogP contribution in [0.1, 0.15) is 46.8 Å². The fraction of sp³-hybridized carbons (Fsp3) is 0.433. The first-order chi connectivity index (χ1) is 20.3. The molecular weight excluding hydrogens is 567 g/mol. The molecule has 2 heterocycles. The second kappa shape index (κ2) is 13.0. The van der Waals surface area contributed by atoms with Gasteiger partial charge >= 0.3 is 12.2 Å². The van der Waals surface area contributed by atoms with E-state index >= 15 is 0 Å². The average Bonchev–Trinajstić information content (AvgIpc) is 3.26. The lowest BCUT2D eigenvalue weighted by atomic mass is 9.98. The molecule has 43 heavy (non-hydrogen) atoms. The Labute approximate surface area is 247 Å². The number of urea groups is 1. The molecule has 0 fully saturated rings. The standard InChI is InChI=1S/C30H36F3N5O5/c1-17-13-38(18(2)16-39)28(40)23-7-6-8-24(34-29(41)35-26-19(3)36-43-20(26)4)27(23)42-25(17)15-37(5)14-21-9-11-22(12-10-21)30(31,32)33/h6-12,17-18,25,39H,13-16H2,1-5H3,(H2,34,35,41)/t17-,18-,25-/m1/s1. The highest BCUT2D eigenvalue weighted by Crippen LogP contribution is 2.35. The minimum atomic E-state index is -4.41. The van der Waals surface area contributed by atoms with Crippen LogP contribution in [0.5, 0.6) is 5.75 Å². The van der Waals surface area contributed by atoms with Crippen LogP contribution in [0.15, 0.2) is 47.0 Å². The Bertz CT molecular complexity index is 1420. The molecule has 1 aliphatic rings. The quantitative estimate of drug-likeness (QED) is 0.319. The van der Waals surface area contributed by atoms with Crippen LogP contribution in [0, 0.1) is 19.8 Å². The fourth-order valence-corrected chi connectivity index (χ4v) is 4.97. The highest BCUT2D eigenvalue weighted by atomic mass is 19.4. The van der Waals surface area contributed by atoms with Crippen molar-refractivity contribution in [3.05, 3.63) is 70.6 Å². The molecule has 4 rings (SSSR count). The fourth-order valence-electron chi connectivity index (χ4n) is 4.97. The van der Waals surface area contributed by atoms with Crippen LogP contribution in [0.25, 0.3) is 0 Å². The molecule has 1 aromatic heterocycles. The summed E-state index contributed by atoms with van der Waals surface area (Å²) in [4.78, 5) is 30.2. The molecule has 0 saturated heterocycles. The van der Waals surface area contributed by atoms with E-state index in [4.69, 9.17) is 9.26 Å². The van der Waals surface area contributed by atoms with E-state index in [1.807, 2.05) is 18.9 Å². The number of carbonyl (C=O) groups excluding carboxylic acids is 2. The monoisotopic (exact) mass is 603 g/mol. The molecule has 3 amide bonds. The van der Waals surface area contributed by atoms with Gasteiger partial charge in [0.2, 0.25) is 0 Å². The third kappa shape index (κ3) is 7.46. The Morgan fingerprint density at radius 2 is 1.88 bits per heavy atom. The van der Waals surface area contributed by atoms with Crippen LogP contribution in [0.2, 0.25) is 0 Å². The van der Waals surface area contributed by atoms with Crippen molar-refractivity contribution in [2.75, 3.05) is 37.4 Å². The lowest BCUT2D eigenvalue weighted by molar-refractivity contribution is -0.137. The maximum atomic E-state index is 13.7. The van der Waals surface area contributed by atoms with Crippen LogP contribution in [0.3, 0.4) is 0 Å². The number of anilines is 2. The number of likely N-dealkylation sites (N-methyl/N-ethyl adjacent to an activating group) is 1. The van der Waals surface area contributed by atoms with E-state index in [0.717, 1.165) is 12.1 Å². The van der Waals surface area contributed by atoms with Crippen LogP contribution >= 0.6 is 0 Å². The van der Waals surface area contributed by atoms with Crippen molar-refractivity contribution in [3.63, 3.8) is 0 Å². The summed E-state index contributed by atoms with van der Waals surface area (Å²) in [5, 5.41) is 19.2. The number of aliphatic hydroxyl groups is 1. The number of nitrogens with zero attached hydrogens (tertiary/aromatic N) is 3. The summed E-state index contributed by atoms with van der Waals surface area (Å²) in [6, 6.07) is 8.78. The van der Waals surface area contributed by atoms with Crippen LogP contribution in [-0.4, -0.2) is 70.9 Å². The van der Waals surface area contributed by atoms with Crippen molar-refractivity contribution >= 4 is 23.3 Å². The zero-order chi connectivity index (χ0) is 31.5. The van der Waals surface area contributed by atoms with Crippen molar-refractivity contribution in [1.82, 2.24) is 15.0 Å². The van der Waals surface area contributed by atoms with Crippen molar-refractivity contribution in [1.29, 1.82) is 0 Å². The molecular formula is C30H36F3N5O5. The van der Waals surface area contributed by atoms with E-state index in [1.165, 1.54) is 12.1 Å². The second-order valence-corrected chi connectivity index (χ2v) is 11.0. The molecule has 0 spiro atoms. The van der Waals surface area contributed by atoms with Gasteiger partial charge in [-0.25, -0.2) is 4.79 Å². The van der Waals surface area contributed by atoms with Gasteiger partial charge in [0, 0.05) is 25.6 Å². The number of ether oxygens (including phenoxy) is 1. The number of nitrogens with one attached hydrogen (secondary N) is 2. The molecule has 3 N–H and O–H groups in total. The number of hydrogen-bond donors (Lipinski definition) is 3. The number of fused-ring (bicyclic) bond motifs is 1. The first kappa shape index (κ1) is 31.8. The van der Waals surface area contributed by atoms with Gasteiger partial charge in [0.25, 0.3) is 5.91 Å². The van der Waals surface area contributed by atoms with Gasteiger partial charge in [0.05, 0.1) is 29.5 Å². The number of amides is 3. The van der Waals surface area contributed by atoms with Gasteiger partial charge in [0.15, 0.2) is 11.5 Å². The number of benzene rings is 2. The van der Waals surface area contributed by atoms with Gasteiger partial charge in [-0.15, -0.1) is 0 Å². The molecule has 0 bridgehead atoms. The minimum absolute atomic E-state index is 0.177. The van der Waals surface area contributed by atoms with Crippen molar-refractivity contribution < 1.29 is 37.1 Å². The third-order valence-corrected chi connectivity index (χ3v) is 7.44. The maximum Gasteiger partial charge on any atom is 0.416 e. The van der Waals surface area contributed by atoms with Gasteiger partial charge in [-0.3, -0.25) is 9.69 Å². The van der Waals surface area contributed by atoms with E-state index in [0.29, 0.717) is 42.3 Å². The lowest BCUT2D eigenvalue weighted by Crippen LogP contribution is -2.49. The van der Waals surface area contributed by atoms with Gasteiger partial charge in [0.1, 0.15) is 17.5 Å². The molecule has 1 aliphatic heterocycles. The summed E-state index contributed by atoms with van der Waals surface area (Å²) in [6.45, 7) is 7.79. The zero-order valence-corrected chi connectivity index (χ0v) is 24.7. The van der Waals surface area contributed by atoms with Crippen LogP contribution in [0.4, 0.5) is 29.3 Å². The summed E-state index contributed by atoms with van der Waals surface area (Å²) in [7, 11) is 1.83. The number of aryl methyl sites for hydroxylation is 2. The average molecular weight is 604 g/mol. The van der Waals surface area contributed by atoms with Crippen molar-refractivity contribution in [3.8, 4) is 5.75 Å². The highest BCUT2D eigenvalue weighted by Gasteiger charge is 2.35. The predicted octanol–water partition coefficient (Wildman–Crippen LogP) is 5.31. The molecule has 0 aliphatic carbocycles. The smallest absolute Gasteiger partial charge is 0.416 e. The molecule has 3 atom stereocenters. The largest absolute Gasteiger partial charge is 0.486 e. The van der Waals surface area contributed by atoms with Gasteiger partial charge in [-0.1, -0.05) is 30.3 Å². The van der Waals surface area contributed by atoms with Gasteiger partial charge in [-0.05, 0) is 57.6 Å². The van der Waals surface area contributed by atoms with Crippen molar-refractivity contribution in [2.24, 2.45) is 5.92 Å². The summed E-state index contributed by atoms with van der Waals surface area (Å²) in [5.41, 5.74) is 1.38. The SMILES string of the molecule is Cc1noc(C)c1NC(=O)Nc1cccc2c1O[C@H](CN(C)Cc1ccc(C(F)(F)F)cc1)[C@H](C)CN([C@H](C)CO)C2=O. The number of alkyl halides is 3. The number of hydrogen-bond acceptors (Lipinski definition) is 7. The third-order valence-electron chi connectivity index (χ3n) is 7.44. The molecule has 2 aromatic carbocycles. The Morgan fingerprint density at radius 3 is 2.49 bits per heavy atom. The lowest BCUT2D eigenvalue weighted by Gasteiger charge is -2.38. The number of para-hydroxylation sites is 1. The molecule has 232 valence electrons. The Balaban J connectivity index is 1.61. The molecule has 0 radical (unpaired) electrons. The summed E-state index contributed by atoms with van der Waals surface area (Å²) in [6.07, 6.45) is -4.90. The number of aliphatic hydroxyl groups excluding tert-OH is 1. The predicted molar refractivity (Wildman–Crippen MR) is 154 cm³/mol. The Hall–Kier alpha value is -4.10. The van der Waals surface area contributed by atoms with E-state index in [9.17, 15) is 27.9 Å². The summed E-state index contributed by atoms with van der Waals surface area (Å²) >= 11 is 0. The topological polar surface area (TPSA) is 120 Å². The molecule has 0 unspecified atom stereocenters. The Kier molecular flexibility index (Phi) is 9.65. The number of halogens is 3.